The van der Waals surface area contributed by atoms with Crippen LogP contribution in [0.25, 0.3) is 6.08 Å². The number of furan rings is 1. The molecule has 0 aliphatic carbocycles. The molecule has 0 saturated carbocycles. The Morgan fingerprint density at radius 1 is 1.20 bits per heavy atom. The maximum atomic E-state index is 5.77. The predicted molar refractivity (Wildman–Crippen MR) is 88.6 cm³/mol. The van der Waals surface area contributed by atoms with E-state index in [2.05, 4.69) is 6.92 Å². The second kappa shape index (κ2) is 6.99. The topological polar surface area (TPSA) is 25.6 Å². The quantitative estimate of drug-likeness (QED) is 0.443. The molecule has 0 aromatic carbocycles. The molecule has 2 heterocycles. The van der Waals surface area contributed by atoms with Gasteiger partial charge in [-0.2, -0.15) is 0 Å². The molecule has 0 atom stereocenters. The zero-order valence-corrected chi connectivity index (χ0v) is 13.5. The number of hydrogen-bond donors (Lipinski definition) is 0. The Bertz CT molecular complexity index is 534. The van der Waals surface area contributed by atoms with Crippen molar-refractivity contribution >= 4 is 40.7 Å². The molecule has 1 aromatic rings. The fourth-order valence-corrected chi connectivity index (χ4v) is 2.74. The summed E-state index contributed by atoms with van der Waals surface area (Å²) in [7, 11) is 0. The smallest absolute Gasteiger partial charge is 0.270 e. The number of rotatable bonds is 6. The minimum atomic E-state index is 0.415. The average molecular weight is 309 g/mol. The molecule has 3 nitrogen and oxygen atoms in total. The van der Waals surface area contributed by atoms with E-state index in [9.17, 15) is 0 Å². The first-order chi connectivity index (χ1) is 9.65. The molecule has 108 valence electrons. The fourth-order valence-electron chi connectivity index (χ4n) is 2.06. The van der Waals surface area contributed by atoms with Gasteiger partial charge >= 0.3 is 0 Å². The van der Waals surface area contributed by atoms with Crippen LogP contribution in [0.4, 0.5) is 0 Å². The van der Waals surface area contributed by atoms with E-state index in [4.69, 9.17) is 33.6 Å². The summed E-state index contributed by atoms with van der Waals surface area (Å²) in [6.07, 6.45) is 6.38. The number of aryl methyl sites for hydroxylation is 1. The Labute approximate surface area is 130 Å². The van der Waals surface area contributed by atoms with Gasteiger partial charge in [-0.15, -0.1) is 0 Å². The van der Waals surface area contributed by atoms with Crippen LogP contribution in [0, 0.1) is 0 Å². The lowest BCUT2D eigenvalue weighted by atomic mass is 10.2. The van der Waals surface area contributed by atoms with Gasteiger partial charge in [0.2, 0.25) is 0 Å². The van der Waals surface area contributed by atoms with Crippen LogP contribution in [0.5, 0.6) is 0 Å². The van der Waals surface area contributed by atoms with Gasteiger partial charge in [0.25, 0.3) is 5.17 Å². The summed E-state index contributed by atoms with van der Waals surface area (Å²) in [4.78, 5) is 2.42. The first-order valence-corrected chi connectivity index (χ1v) is 7.81. The number of thiocarbonyl (C=S) groups is 2. The van der Waals surface area contributed by atoms with E-state index in [0.717, 1.165) is 30.9 Å². The second-order valence-electron chi connectivity index (χ2n) is 4.69. The zero-order valence-electron chi connectivity index (χ0n) is 11.8. The molecule has 1 fully saturated rings. The maximum Gasteiger partial charge on any atom is 0.270 e. The second-order valence-corrected chi connectivity index (χ2v) is 5.42. The first kappa shape index (κ1) is 15.2. The highest BCUT2D eigenvalue weighted by Crippen LogP contribution is 2.22. The molecule has 1 aliphatic rings. The van der Waals surface area contributed by atoms with E-state index in [1.807, 2.05) is 25.1 Å². The van der Waals surface area contributed by atoms with Crippen molar-refractivity contribution in [3.63, 3.8) is 0 Å². The predicted octanol–water partition coefficient (Wildman–Crippen LogP) is 4.32. The lowest BCUT2D eigenvalue weighted by Gasteiger charge is -2.09. The highest BCUT2D eigenvalue weighted by molar-refractivity contribution is 7.82. The van der Waals surface area contributed by atoms with Gasteiger partial charge in [-0.25, -0.2) is 0 Å². The summed E-state index contributed by atoms with van der Waals surface area (Å²) in [5, 5.41) is 0.415. The van der Waals surface area contributed by atoms with Crippen LogP contribution in [0.2, 0.25) is 0 Å². The third-order valence-corrected chi connectivity index (χ3v) is 3.90. The van der Waals surface area contributed by atoms with Crippen LogP contribution in [0.3, 0.4) is 0 Å². The number of unbranched alkanes of at least 4 members (excludes halogenated alkanes) is 2. The molecule has 0 unspecified atom stereocenters. The first-order valence-electron chi connectivity index (χ1n) is 6.99. The van der Waals surface area contributed by atoms with Crippen LogP contribution in [-0.4, -0.2) is 21.6 Å². The van der Waals surface area contributed by atoms with Crippen LogP contribution in [0.15, 0.2) is 22.3 Å². The molecule has 0 amide bonds. The Balaban J connectivity index is 2.04. The van der Waals surface area contributed by atoms with Gasteiger partial charge in [-0.05, 0) is 37.7 Å². The van der Waals surface area contributed by atoms with Gasteiger partial charge in [0.15, 0.2) is 10.7 Å². The van der Waals surface area contributed by atoms with Crippen LogP contribution >= 0.6 is 24.4 Å². The van der Waals surface area contributed by atoms with E-state index < -0.39 is 0 Å². The van der Waals surface area contributed by atoms with E-state index in [-0.39, 0.29) is 0 Å². The van der Waals surface area contributed by atoms with Crippen molar-refractivity contribution in [1.29, 1.82) is 0 Å². The summed E-state index contributed by atoms with van der Waals surface area (Å²) < 4.78 is 11.3. The maximum absolute atomic E-state index is 5.77. The molecule has 5 heteroatoms. The molecule has 0 spiro atoms. The lowest BCUT2D eigenvalue weighted by molar-refractivity contribution is 0.439. The van der Waals surface area contributed by atoms with E-state index in [1.54, 1.807) is 4.90 Å². The Hall–Kier alpha value is -1.20. The number of hydrogen-bond acceptors (Lipinski definition) is 4. The van der Waals surface area contributed by atoms with Crippen molar-refractivity contribution in [1.82, 2.24) is 4.90 Å². The monoisotopic (exact) mass is 309 g/mol. The SMILES string of the molecule is CCCCCc1ccc(/C=C2/OC(=S)N(CC)C2=S)o1. The van der Waals surface area contributed by atoms with Gasteiger partial charge in [-0.3, -0.25) is 4.90 Å². The largest absolute Gasteiger partial charge is 0.462 e. The molecular formula is C15H19NO2S2. The van der Waals surface area contributed by atoms with Crippen molar-refractivity contribution in [2.24, 2.45) is 0 Å². The molecular weight excluding hydrogens is 290 g/mol. The molecule has 0 N–H and O–H groups in total. The van der Waals surface area contributed by atoms with Gasteiger partial charge in [-0.1, -0.05) is 32.0 Å². The van der Waals surface area contributed by atoms with Gasteiger partial charge < -0.3 is 9.15 Å². The molecule has 0 radical (unpaired) electrons. The van der Waals surface area contributed by atoms with Crippen molar-refractivity contribution in [3.8, 4) is 0 Å². The standard InChI is InChI=1S/C15H19NO2S2/c1-3-5-6-7-11-8-9-12(17-11)10-13-14(19)16(4-2)15(20)18-13/h8-10H,3-7H2,1-2H3/b13-10+. The van der Waals surface area contributed by atoms with E-state index in [0.29, 0.717) is 15.9 Å². The van der Waals surface area contributed by atoms with Gasteiger partial charge in [0, 0.05) is 19.0 Å². The third kappa shape index (κ3) is 3.46. The average Bonchev–Trinajstić information content (AvgIpc) is 2.96. The molecule has 1 aliphatic heterocycles. The van der Waals surface area contributed by atoms with Crippen molar-refractivity contribution in [2.75, 3.05) is 6.54 Å². The summed E-state index contributed by atoms with van der Waals surface area (Å²) in [6.45, 7) is 4.90. The summed E-state index contributed by atoms with van der Waals surface area (Å²) in [6, 6.07) is 3.95. The number of ether oxygens (including phenoxy) is 1. The van der Waals surface area contributed by atoms with E-state index >= 15 is 0 Å². The number of nitrogens with zero attached hydrogens (tertiary/aromatic N) is 1. The highest BCUT2D eigenvalue weighted by Gasteiger charge is 2.28. The zero-order chi connectivity index (χ0) is 14.5. The van der Waals surface area contributed by atoms with Crippen LogP contribution in [-0.2, 0) is 11.2 Å². The fraction of sp³-hybridized carbons (Fsp3) is 0.467. The van der Waals surface area contributed by atoms with Crippen LogP contribution < -0.4 is 0 Å². The summed E-state index contributed by atoms with van der Waals surface area (Å²) in [5.74, 6) is 2.36. The van der Waals surface area contributed by atoms with E-state index in [1.165, 1.54) is 12.8 Å². The minimum absolute atomic E-state index is 0.415. The molecule has 0 bridgehead atoms. The normalized spacial score (nSPS) is 17.1. The Morgan fingerprint density at radius 3 is 2.65 bits per heavy atom. The number of likely N-dealkylation sites (N-methyl/N-ethyl adjacent to an activating group) is 1. The third-order valence-electron chi connectivity index (χ3n) is 3.17. The Morgan fingerprint density at radius 2 is 2.00 bits per heavy atom. The molecule has 2 rings (SSSR count). The van der Waals surface area contributed by atoms with Crippen molar-refractivity contribution in [2.45, 2.75) is 39.5 Å². The molecule has 1 aromatic heterocycles. The van der Waals surface area contributed by atoms with Gasteiger partial charge in [0.05, 0.1) is 0 Å². The highest BCUT2D eigenvalue weighted by atomic mass is 32.1. The summed E-state index contributed by atoms with van der Waals surface area (Å²) in [5.41, 5.74) is 0. The molecule has 20 heavy (non-hydrogen) atoms. The van der Waals surface area contributed by atoms with Crippen LogP contribution in [0.1, 0.15) is 44.6 Å². The lowest BCUT2D eigenvalue weighted by Crippen LogP contribution is -2.26. The Kier molecular flexibility index (Phi) is 5.31. The minimum Gasteiger partial charge on any atom is -0.462 e. The summed E-state index contributed by atoms with van der Waals surface area (Å²) >= 11 is 10.5. The molecule has 1 saturated heterocycles. The van der Waals surface area contributed by atoms with Gasteiger partial charge in [0.1, 0.15) is 11.5 Å². The van der Waals surface area contributed by atoms with Crippen molar-refractivity contribution < 1.29 is 9.15 Å². The van der Waals surface area contributed by atoms with Crippen molar-refractivity contribution in [3.05, 3.63) is 29.4 Å².